The highest BCUT2D eigenvalue weighted by Crippen LogP contribution is 2.24. The van der Waals surface area contributed by atoms with Crippen molar-refractivity contribution in [3.05, 3.63) is 63.7 Å². The Hall–Kier alpha value is -2.82. The summed E-state index contributed by atoms with van der Waals surface area (Å²) in [6.45, 7) is 1.32. The number of hydrogen-bond acceptors (Lipinski definition) is 7. The second-order valence-electron chi connectivity index (χ2n) is 6.05. The van der Waals surface area contributed by atoms with Crippen molar-refractivity contribution < 1.29 is 27.6 Å². The molecule has 10 heteroatoms. The maximum absolute atomic E-state index is 12.7. The van der Waals surface area contributed by atoms with Gasteiger partial charge in [-0.2, -0.15) is 4.31 Å². The summed E-state index contributed by atoms with van der Waals surface area (Å²) in [6.07, 6.45) is 0.474. The third kappa shape index (κ3) is 4.35. The van der Waals surface area contributed by atoms with Gasteiger partial charge in [-0.3, -0.25) is 14.9 Å². The third-order valence-electron chi connectivity index (χ3n) is 4.23. The quantitative estimate of drug-likeness (QED) is 0.392. The summed E-state index contributed by atoms with van der Waals surface area (Å²) in [7, 11) is -3.63. The molecule has 0 spiro atoms. The Labute approximate surface area is 161 Å². The highest BCUT2D eigenvalue weighted by Gasteiger charge is 2.26. The summed E-state index contributed by atoms with van der Waals surface area (Å²) < 4.78 is 37.6. The monoisotopic (exact) mass is 406 g/mol. The normalized spacial score (nSPS) is 15.1. The van der Waals surface area contributed by atoms with Gasteiger partial charge in [0.15, 0.2) is 6.29 Å². The molecule has 1 saturated heterocycles. The Morgan fingerprint density at radius 1 is 1.18 bits per heavy atom. The molecular weight excluding hydrogens is 388 g/mol. The van der Waals surface area contributed by atoms with Crippen LogP contribution in [-0.2, 0) is 21.4 Å². The van der Waals surface area contributed by atoms with Gasteiger partial charge < -0.3 is 9.47 Å². The van der Waals surface area contributed by atoms with Crippen molar-refractivity contribution in [2.45, 2.75) is 11.5 Å². The minimum absolute atomic E-state index is 0.00508. The van der Waals surface area contributed by atoms with Gasteiger partial charge in [0.2, 0.25) is 10.0 Å². The number of nitro groups is 1. The molecule has 1 heterocycles. The molecule has 0 N–H and O–H groups in total. The maximum atomic E-state index is 12.7. The lowest BCUT2D eigenvalue weighted by molar-refractivity contribution is -0.384. The number of nitrogens with zero attached hydrogens (tertiary/aromatic N) is 2. The van der Waals surface area contributed by atoms with Gasteiger partial charge in [-0.1, -0.05) is 12.1 Å². The molecule has 2 aromatic rings. The number of morpholine rings is 1. The van der Waals surface area contributed by atoms with Crippen LogP contribution < -0.4 is 4.74 Å². The molecular formula is C18H18N2O7S. The predicted molar refractivity (Wildman–Crippen MR) is 98.8 cm³/mol. The van der Waals surface area contributed by atoms with Crippen molar-refractivity contribution in [1.29, 1.82) is 0 Å². The molecule has 1 fully saturated rings. The average molecular weight is 406 g/mol. The fraction of sp³-hybridized carbons (Fsp3) is 0.278. The van der Waals surface area contributed by atoms with Crippen molar-refractivity contribution in [3.8, 4) is 5.75 Å². The highest BCUT2D eigenvalue weighted by atomic mass is 32.2. The number of carbonyl (C=O) groups excluding carboxylic acids is 1. The molecule has 0 aliphatic carbocycles. The van der Waals surface area contributed by atoms with E-state index in [0.29, 0.717) is 38.2 Å². The van der Waals surface area contributed by atoms with Gasteiger partial charge in [0.05, 0.1) is 28.6 Å². The molecule has 3 rings (SSSR count). The number of hydrogen-bond donors (Lipinski definition) is 0. The van der Waals surface area contributed by atoms with E-state index >= 15 is 0 Å². The van der Waals surface area contributed by atoms with Crippen molar-refractivity contribution in [2.24, 2.45) is 0 Å². The van der Waals surface area contributed by atoms with Gasteiger partial charge in [0.25, 0.3) is 5.69 Å². The van der Waals surface area contributed by atoms with Gasteiger partial charge in [-0.15, -0.1) is 0 Å². The second kappa shape index (κ2) is 8.46. The Balaban J connectivity index is 1.77. The zero-order valence-corrected chi connectivity index (χ0v) is 15.6. The Bertz CT molecular complexity index is 985. The number of aldehydes is 1. The highest BCUT2D eigenvalue weighted by molar-refractivity contribution is 7.89. The fourth-order valence-corrected chi connectivity index (χ4v) is 4.24. The molecule has 0 bridgehead atoms. The first-order valence-electron chi connectivity index (χ1n) is 8.45. The smallest absolute Gasteiger partial charge is 0.270 e. The van der Waals surface area contributed by atoms with E-state index in [1.54, 1.807) is 12.1 Å². The van der Waals surface area contributed by atoms with Crippen LogP contribution in [-0.4, -0.2) is 50.2 Å². The summed E-state index contributed by atoms with van der Waals surface area (Å²) in [5.74, 6) is 0.182. The van der Waals surface area contributed by atoms with Crippen molar-refractivity contribution in [2.75, 3.05) is 26.3 Å². The molecule has 1 aliphatic rings. The lowest BCUT2D eigenvalue weighted by atomic mass is 10.2. The van der Waals surface area contributed by atoms with Crippen LogP contribution in [0.1, 0.15) is 15.9 Å². The minimum Gasteiger partial charge on any atom is -0.488 e. The van der Waals surface area contributed by atoms with Crippen LogP contribution in [0.25, 0.3) is 0 Å². The minimum atomic E-state index is -3.63. The van der Waals surface area contributed by atoms with Crippen molar-refractivity contribution in [3.63, 3.8) is 0 Å². The number of ether oxygens (including phenoxy) is 2. The maximum Gasteiger partial charge on any atom is 0.270 e. The van der Waals surface area contributed by atoms with Gasteiger partial charge in [0, 0.05) is 25.2 Å². The molecule has 0 saturated carbocycles. The van der Waals surface area contributed by atoms with E-state index in [1.165, 1.54) is 28.6 Å². The van der Waals surface area contributed by atoms with E-state index in [-0.39, 0.29) is 28.5 Å². The van der Waals surface area contributed by atoms with E-state index in [4.69, 9.17) is 9.47 Å². The van der Waals surface area contributed by atoms with Crippen molar-refractivity contribution in [1.82, 2.24) is 4.31 Å². The van der Waals surface area contributed by atoms with Crippen LogP contribution in [0.5, 0.6) is 5.75 Å². The standard InChI is InChI=1S/C18H18N2O7S/c21-12-15-11-16(20(22)23)4-5-18(15)27-13-14-2-1-3-17(10-14)28(24,25)19-6-8-26-9-7-19/h1-5,10-12H,6-9,13H2. The van der Waals surface area contributed by atoms with Crippen LogP contribution in [0, 0.1) is 10.1 Å². The first kappa shape index (κ1) is 19.9. The summed E-state index contributed by atoms with van der Waals surface area (Å²) >= 11 is 0. The van der Waals surface area contributed by atoms with E-state index in [2.05, 4.69) is 0 Å². The van der Waals surface area contributed by atoms with Gasteiger partial charge in [0.1, 0.15) is 12.4 Å². The number of nitro benzene ring substituents is 1. The molecule has 148 valence electrons. The molecule has 28 heavy (non-hydrogen) atoms. The molecule has 0 atom stereocenters. The van der Waals surface area contributed by atoms with Crippen molar-refractivity contribution >= 4 is 22.0 Å². The lowest BCUT2D eigenvalue weighted by Gasteiger charge is -2.26. The topological polar surface area (TPSA) is 116 Å². The van der Waals surface area contributed by atoms with Gasteiger partial charge in [-0.25, -0.2) is 8.42 Å². The summed E-state index contributed by atoms with van der Waals surface area (Å²) in [5, 5.41) is 10.8. The average Bonchev–Trinajstić information content (AvgIpc) is 2.72. The van der Waals surface area contributed by atoms with E-state index in [9.17, 15) is 23.3 Å². The molecule has 0 unspecified atom stereocenters. The first-order valence-corrected chi connectivity index (χ1v) is 9.89. The number of rotatable bonds is 7. The third-order valence-corrected chi connectivity index (χ3v) is 6.13. The first-order chi connectivity index (χ1) is 13.4. The van der Waals surface area contributed by atoms with Crippen LogP contribution in [0.15, 0.2) is 47.4 Å². The van der Waals surface area contributed by atoms with Crippen LogP contribution in [0.2, 0.25) is 0 Å². The largest absolute Gasteiger partial charge is 0.488 e. The summed E-state index contributed by atoms with van der Waals surface area (Å²) in [4.78, 5) is 21.5. The van der Waals surface area contributed by atoms with Gasteiger partial charge >= 0.3 is 0 Å². The number of non-ortho nitro benzene ring substituents is 1. The number of benzene rings is 2. The fourth-order valence-electron chi connectivity index (χ4n) is 2.77. The summed E-state index contributed by atoms with van der Waals surface area (Å²) in [6, 6.07) is 10.0. The van der Waals surface area contributed by atoms with E-state index in [0.717, 1.165) is 6.07 Å². The zero-order chi connectivity index (χ0) is 20.1. The molecule has 0 radical (unpaired) electrons. The number of carbonyl (C=O) groups is 1. The molecule has 9 nitrogen and oxygen atoms in total. The second-order valence-corrected chi connectivity index (χ2v) is 7.99. The van der Waals surface area contributed by atoms with Crippen LogP contribution in [0.4, 0.5) is 5.69 Å². The Morgan fingerprint density at radius 3 is 2.61 bits per heavy atom. The van der Waals surface area contributed by atoms with Crippen LogP contribution >= 0.6 is 0 Å². The Morgan fingerprint density at radius 2 is 1.93 bits per heavy atom. The van der Waals surface area contributed by atoms with Gasteiger partial charge in [-0.05, 0) is 23.8 Å². The molecule has 1 aliphatic heterocycles. The zero-order valence-electron chi connectivity index (χ0n) is 14.8. The Kier molecular flexibility index (Phi) is 6.02. The van der Waals surface area contributed by atoms with E-state index < -0.39 is 14.9 Å². The molecule has 0 amide bonds. The molecule has 0 aromatic heterocycles. The SMILES string of the molecule is O=Cc1cc([N+](=O)[O-])ccc1OCc1cccc(S(=O)(=O)N2CCOCC2)c1. The lowest BCUT2D eigenvalue weighted by Crippen LogP contribution is -2.40. The van der Waals surface area contributed by atoms with Crippen LogP contribution in [0.3, 0.4) is 0 Å². The van der Waals surface area contributed by atoms with E-state index in [1.807, 2.05) is 0 Å². The predicted octanol–water partition coefficient (Wildman–Crippen LogP) is 2.01. The molecule has 2 aromatic carbocycles. The summed E-state index contributed by atoms with van der Waals surface area (Å²) in [5.41, 5.74) is 0.420. The number of sulfonamides is 1.